The number of carbonyl (C=O) groups excluding carboxylic acids is 1. The topological polar surface area (TPSA) is 54.9 Å². The minimum atomic E-state index is -0.646. The van der Waals surface area contributed by atoms with Gasteiger partial charge in [0.25, 0.3) is 5.91 Å². The molecule has 0 spiro atoms. The molecule has 2 rings (SSSR count). The summed E-state index contributed by atoms with van der Waals surface area (Å²) in [5.41, 5.74) is 2.09. The lowest BCUT2D eigenvalue weighted by Gasteiger charge is -2.08. The molecule has 4 nitrogen and oxygen atoms in total. The molecule has 0 fully saturated rings. The average molecular weight is 245 g/mol. The van der Waals surface area contributed by atoms with Gasteiger partial charge in [-0.2, -0.15) is 0 Å². The van der Waals surface area contributed by atoms with E-state index in [9.17, 15) is 9.18 Å². The van der Waals surface area contributed by atoms with Crippen molar-refractivity contribution in [3.05, 3.63) is 53.4 Å². The van der Waals surface area contributed by atoms with E-state index in [0.29, 0.717) is 11.4 Å². The molecule has 0 radical (unpaired) electrons. The fourth-order valence-electron chi connectivity index (χ4n) is 1.57. The van der Waals surface area contributed by atoms with E-state index >= 15 is 0 Å². The van der Waals surface area contributed by atoms with E-state index in [0.717, 1.165) is 11.9 Å². The van der Waals surface area contributed by atoms with Crippen LogP contribution in [0.1, 0.15) is 21.7 Å². The van der Waals surface area contributed by atoms with Crippen molar-refractivity contribution in [3.63, 3.8) is 0 Å². The van der Waals surface area contributed by atoms with Gasteiger partial charge in [0.05, 0.1) is 23.1 Å². The van der Waals surface area contributed by atoms with Crippen molar-refractivity contribution in [3.8, 4) is 0 Å². The SMILES string of the molecule is Cc1ccc(NC(=O)c2ccncc2F)c(C)n1. The summed E-state index contributed by atoms with van der Waals surface area (Å²) in [5, 5.41) is 2.63. The van der Waals surface area contributed by atoms with E-state index in [-0.39, 0.29) is 5.56 Å². The number of carbonyl (C=O) groups is 1. The third-order valence-electron chi connectivity index (χ3n) is 2.49. The van der Waals surface area contributed by atoms with Crippen molar-refractivity contribution >= 4 is 11.6 Å². The van der Waals surface area contributed by atoms with Gasteiger partial charge in [0.2, 0.25) is 0 Å². The van der Waals surface area contributed by atoms with Crippen LogP contribution in [0.25, 0.3) is 0 Å². The Morgan fingerprint density at radius 3 is 2.72 bits per heavy atom. The average Bonchev–Trinajstić information content (AvgIpc) is 2.33. The highest BCUT2D eigenvalue weighted by molar-refractivity contribution is 6.04. The lowest BCUT2D eigenvalue weighted by Crippen LogP contribution is -2.15. The van der Waals surface area contributed by atoms with Gasteiger partial charge in [0.1, 0.15) is 0 Å². The first-order valence-corrected chi connectivity index (χ1v) is 5.43. The lowest BCUT2D eigenvalue weighted by molar-refractivity contribution is 0.102. The van der Waals surface area contributed by atoms with Gasteiger partial charge in [0, 0.05) is 11.9 Å². The second kappa shape index (κ2) is 4.91. The predicted molar refractivity (Wildman–Crippen MR) is 65.9 cm³/mol. The summed E-state index contributed by atoms with van der Waals surface area (Å²) in [4.78, 5) is 19.7. The Morgan fingerprint density at radius 1 is 1.28 bits per heavy atom. The molecule has 0 aliphatic carbocycles. The largest absolute Gasteiger partial charge is 0.320 e. The number of nitrogens with one attached hydrogen (secondary N) is 1. The Hall–Kier alpha value is -2.30. The van der Waals surface area contributed by atoms with Gasteiger partial charge in [-0.25, -0.2) is 4.39 Å². The number of nitrogens with zero attached hydrogens (tertiary/aromatic N) is 2. The van der Waals surface area contributed by atoms with Crippen LogP contribution < -0.4 is 5.32 Å². The summed E-state index contributed by atoms with van der Waals surface area (Å²) in [6.45, 7) is 3.65. The third kappa shape index (κ3) is 2.51. The van der Waals surface area contributed by atoms with Crippen LogP contribution in [0.4, 0.5) is 10.1 Å². The maximum Gasteiger partial charge on any atom is 0.258 e. The second-order valence-electron chi connectivity index (χ2n) is 3.90. The first-order chi connectivity index (χ1) is 8.58. The fourth-order valence-corrected chi connectivity index (χ4v) is 1.57. The number of amides is 1. The molecule has 92 valence electrons. The molecule has 0 aliphatic heterocycles. The van der Waals surface area contributed by atoms with Gasteiger partial charge >= 0.3 is 0 Å². The Morgan fingerprint density at radius 2 is 2.06 bits per heavy atom. The van der Waals surface area contributed by atoms with Crippen molar-refractivity contribution in [1.82, 2.24) is 9.97 Å². The van der Waals surface area contributed by atoms with E-state index < -0.39 is 11.7 Å². The minimum absolute atomic E-state index is 0.0371. The summed E-state index contributed by atoms with van der Waals surface area (Å²) in [6, 6.07) is 4.86. The quantitative estimate of drug-likeness (QED) is 0.884. The molecule has 5 heteroatoms. The predicted octanol–water partition coefficient (Wildman–Crippen LogP) is 2.48. The van der Waals surface area contributed by atoms with Crippen LogP contribution >= 0.6 is 0 Å². The van der Waals surface area contributed by atoms with E-state index in [1.807, 2.05) is 6.92 Å². The first kappa shape index (κ1) is 12.2. The number of hydrogen-bond donors (Lipinski definition) is 1. The zero-order valence-electron chi connectivity index (χ0n) is 10.1. The summed E-state index contributed by atoms with van der Waals surface area (Å²) >= 11 is 0. The Bertz CT molecular complexity index is 599. The standard InChI is InChI=1S/C13H12FN3O/c1-8-3-4-12(9(2)16-8)17-13(18)10-5-6-15-7-11(10)14/h3-7H,1-2H3,(H,17,18). The van der Waals surface area contributed by atoms with Crippen molar-refractivity contribution in [2.45, 2.75) is 13.8 Å². The van der Waals surface area contributed by atoms with Gasteiger partial charge in [-0.3, -0.25) is 14.8 Å². The molecule has 0 saturated carbocycles. The van der Waals surface area contributed by atoms with Gasteiger partial charge in [-0.1, -0.05) is 0 Å². The highest BCUT2D eigenvalue weighted by Gasteiger charge is 2.12. The Labute approximate surface area is 104 Å². The number of halogens is 1. The van der Waals surface area contributed by atoms with Gasteiger partial charge in [-0.05, 0) is 32.0 Å². The number of aromatic nitrogens is 2. The maximum absolute atomic E-state index is 13.4. The smallest absolute Gasteiger partial charge is 0.258 e. The van der Waals surface area contributed by atoms with E-state index in [1.165, 1.54) is 12.3 Å². The van der Waals surface area contributed by atoms with E-state index in [4.69, 9.17) is 0 Å². The third-order valence-corrected chi connectivity index (χ3v) is 2.49. The van der Waals surface area contributed by atoms with Crippen LogP contribution in [0.5, 0.6) is 0 Å². The highest BCUT2D eigenvalue weighted by atomic mass is 19.1. The monoisotopic (exact) mass is 245 g/mol. The molecule has 2 aromatic rings. The molecule has 1 amide bonds. The normalized spacial score (nSPS) is 10.2. The number of hydrogen-bond acceptors (Lipinski definition) is 3. The fraction of sp³-hybridized carbons (Fsp3) is 0.154. The molecular formula is C13H12FN3O. The van der Waals surface area contributed by atoms with Crippen LogP contribution in [-0.4, -0.2) is 15.9 Å². The summed E-state index contributed by atoms with van der Waals surface area (Å²) in [5.74, 6) is -1.16. The summed E-state index contributed by atoms with van der Waals surface area (Å²) < 4.78 is 13.4. The van der Waals surface area contributed by atoms with Crippen molar-refractivity contribution < 1.29 is 9.18 Å². The molecule has 0 aromatic carbocycles. The molecular weight excluding hydrogens is 233 g/mol. The Balaban J connectivity index is 2.24. The molecule has 0 atom stereocenters. The van der Waals surface area contributed by atoms with Crippen LogP contribution in [-0.2, 0) is 0 Å². The summed E-state index contributed by atoms with van der Waals surface area (Å²) in [7, 11) is 0. The zero-order chi connectivity index (χ0) is 13.1. The van der Waals surface area contributed by atoms with Crippen molar-refractivity contribution in [2.24, 2.45) is 0 Å². The summed E-state index contributed by atoms with van der Waals surface area (Å²) in [6.07, 6.45) is 2.38. The molecule has 0 unspecified atom stereocenters. The Kier molecular flexibility index (Phi) is 3.32. The van der Waals surface area contributed by atoms with Crippen LogP contribution in [0.2, 0.25) is 0 Å². The van der Waals surface area contributed by atoms with Crippen LogP contribution in [0, 0.1) is 19.7 Å². The number of aryl methyl sites for hydroxylation is 2. The van der Waals surface area contributed by atoms with E-state index in [2.05, 4.69) is 15.3 Å². The molecule has 0 saturated heterocycles. The molecule has 0 bridgehead atoms. The van der Waals surface area contributed by atoms with E-state index in [1.54, 1.807) is 19.1 Å². The maximum atomic E-state index is 13.4. The number of anilines is 1. The first-order valence-electron chi connectivity index (χ1n) is 5.43. The minimum Gasteiger partial charge on any atom is -0.320 e. The second-order valence-corrected chi connectivity index (χ2v) is 3.90. The molecule has 2 aromatic heterocycles. The number of pyridine rings is 2. The van der Waals surface area contributed by atoms with Crippen molar-refractivity contribution in [2.75, 3.05) is 5.32 Å². The molecule has 0 aliphatic rings. The molecule has 1 N–H and O–H groups in total. The molecule has 18 heavy (non-hydrogen) atoms. The van der Waals surface area contributed by atoms with Gasteiger partial charge < -0.3 is 5.32 Å². The molecule has 2 heterocycles. The number of rotatable bonds is 2. The zero-order valence-corrected chi connectivity index (χ0v) is 10.1. The van der Waals surface area contributed by atoms with Crippen LogP contribution in [0.3, 0.4) is 0 Å². The van der Waals surface area contributed by atoms with Crippen molar-refractivity contribution in [1.29, 1.82) is 0 Å². The van der Waals surface area contributed by atoms with Gasteiger partial charge in [0.15, 0.2) is 5.82 Å². The van der Waals surface area contributed by atoms with Crippen LogP contribution in [0.15, 0.2) is 30.6 Å². The highest BCUT2D eigenvalue weighted by Crippen LogP contribution is 2.15. The van der Waals surface area contributed by atoms with Gasteiger partial charge in [-0.15, -0.1) is 0 Å². The lowest BCUT2D eigenvalue weighted by atomic mass is 10.2.